The summed E-state index contributed by atoms with van der Waals surface area (Å²) in [5.74, 6) is 1.59. The van der Waals surface area contributed by atoms with Crippen LogP contribution < -0.4 is 5.32 Å². The molecule has 0 fully saturated rings. The van der Waals surface area contributed by atoms with Gasteiger partial charge < -0.3 is 9.73 Å². The van der Waals surface area contributed by atoms with Gasteiger partial charge in [0, 0.05) is 4.88 Å². The summed E-state index contributed by atoms with van der Waals surface area (Å²) in [6.07, 6.45) is 0. The first-order valence-electron chi connectivity index (χ1n) is 5.91. The molecule has 1 unspecified atom stereocenters. The van der Waals surface area contributed by atoms with Gasteiger partial charge in [-0.1, -0.05) is 0 Å². The zero-order valence-electron chi connectivity index (χ0n) is 11.0. The molecule has 0 aliphatic rings. The van der Waals surface area contributed by atoms with E-state index in [1.165, 1.54) is 16.2 Å². The van der Waals surface area contributed by atoms with Crippen molar-refractivity contribution in [1.82, 2.24) is 5.32 Å². The maximum Gasteiger partial charge on any atom is 0.261 e. The highest BCUT2D eigenvalue weighted by molar-refractivity contribution is 7.14. The molecule has 0 spiro atoms. The summed E-state index contributed by atoms with van der Waals surface area (Å²) in [5, 5.41) is 2.94. The molecule has 0 aliphatic heterocycles. The quantitative estimate of drug-likeness (QED) is 0.916. The molecule has 2 rings (SSSR count). The summed E-state index contributed by atoms with van der Waals surface area (Å²) in [6, 6.07) is 5.60. The number of thiophene rings is 1. The van der Waals surface area contributed by atoms with E-state index in [0.717, 1.165) is 22.0 Å². The van der Waals surface area contributed by atoms with Gasteiger partial charge in [-0.05, 0) is 51.5 Å². The Labute approximate surface area is 111 Å². The molecule has 1 N–H and O–H groups in total. The fourth-order valence-electron chi connectivity index (χ4n) is 1.71. The molecule has 1 amide bonds. The van der Waals surface area contributed by atoms with E-state index in [1.807, 2.05) is 45.9 Å². The summed E-state index contributed by atoms with van der Waals surface area (Å²) < 4.78 is 5.50. The van der Waals surface area contributed by atoms with E-state index in [2.05, 4.69) is 5.32 Å². The van der Waals surface area contributed by atoms with Crippen molar-refractivity contribution >= 4 is 17.2 Å². The molecule has 0 aliphatic carbocycles. The second-order valence-electron chi connectivity index (χ2n) is 4.49. The standard InChI is InChI=1S/C14H17NO2S/c1-8-7-13(18-11(8)4)14(16)15-10(3)12-6-5-9(2)17-12/h5-7,10H,1-4H3,(H,15,16). The second-order valence-corrected chi connectivity index (χ2v) is 5.75. The number of rotatable bonds is 3. The molecular weight excluding hydrogens is 246 g/mol. The molecule has 96 valence electrons. The van der Waals surface area contributed by atoms with Gasteiger partial charge in [0.25, 0.3) is 5.91 Å². The third kappa shape index (κ3) is 2.64. The predicted octanol–water partition coefficient (Wildman–Crippen LogP) is 3.76. The van der Waals surface area contributed by atoms with Gasteiger partial charge in [0.05, 0.1) is 10.9 Å². The largest absolute Gasteiger partial charge is 0.464 e. The van der Waals surface area contributed by atoms with Crippen LogP contribution >= 0.6 is 11.3 Å². The van der Waals surface area contributed by atoms with Gasteiger partial charge in [0.1, 0.15) is 11.5 Å². The Kier molecular flexibility index (Phi) is 3.57. The lowest BCUT2D eigenvalue weighted by atomic mass is 10.2. The minimum atomic E-state index is -0.117. The normalized spacial score (nSPS) is 12.4. The maximum absolute atomic E-state index is 12.1. The van der Waals surface area contributed by atoms with Crippen LogP contribution in [0, 0.1) is 20.8 Å². The van der Waals surface area contributed by atoms with Gasteiger partial charge in [-0.25, -0.2) is 0 Å². The molecule has 0 aromatic carbocycles. The van der Waals surface area contributed by atoms with Gasteiger partial charge in [0.2, 0.25) is 0 Å². The van der Waals surface area contributed by atoms with E-state index in [0.29, 0.717) is 0 Å². The van der Waals surface area contributed by atoms with Gasteiger partial charge in [-0.2, -0.15) is 0 Å². The molecule has 0 saturated carbocycles. The molecule has 2 aromatic heterocycles. The zero-order chi connectivity index (χ0) is 13.3. The van der Waals surface area contributed by atoms with Gasteiger partial charge in [-0.15, -0.1) is 11.3 Å². The van der Waals surface area contributed by atoms with Crippen LogP contribution in [0.3, 0.4) is 0 Å². The van der Waals surface area contributed by atoms with Crippen LogP contribution in [0.4, 0.5) is 0 Å². The predicted molar refractivity (Wildman–Crippen MR) is 73.1 cm³/mol. The van der Waals surface area contributed by atoms with E-state index >= 15 is 0 Å². The summed E-state index contributed by atoms with van der Waals surface area (Å²) >= 11 is 1.52. The Morgan fingerprint density at radius 3 is 2.56 bits per heavy atom. The van der Waals surface area contributed by atoms with Crippen LogP contribution in [0.2, 0.25) is 0 Å². The third-order valence-electron chi connectivity index (χ3n) is 2.93. The molecule has 2 aromatic rings. The number of amides is 1. The van der Waals surface area contributed by atoms with Crippen molar-refractivity contribution in [3.8, 4) is 0 Å². The van der Waals surface area contributed by atoms with Crippen LogP contribution in [0.15, 0.2) is 22.6 Å². The van der Waals surface area contributed by atoms with E-state index in [1.54, 1.807) is 0 Å². The average molecular weight is 263 g/mol. The first kappa shape index (κ1) is 12.9. The van der Waals surface area contributed by atoms with E-state index in [-0.39, 0.29) is 11.9 Å². The Hall–Kier alpha value is -1.55. The first-order chi connectivity index (χ1) is 8.47. The average Bonchev–Trinajstić information content (AvgIpc) is 2.86. The molecule has 0 saturated heterocycles. The van der Waals surface area contributed by atoms with Crippen molar-refractivity contribution in [2.24, 2.45) is 0 Å². The van der Waals surface area contributed by atoms with Crippen molar-refractivity contribution in [2.75, 3.05) is 0 Å². The number of furan rings is 1. The van der Waals surface area contributed by atoms with Gasteiger partial charge in [0.15, 0.2) is 0 Å². The number of hydrogen-bond donors (Lipinski definition) is 1. The van der Waals surface area contributed by atoms with Crippen LogP contribution in [-0.2, 0) is 0 Å². The van der Waals surface area contributed by atoms with Crippen molar-refractivity contribution in [3.63, 3.8) is 0 Å². The summed E-state index contributed by atoms with van der Waals surface area (Å²) in [5.41, 5.74) is 1.16. The minimum Gasteiger partial charge on any atom is -0.464 e. The fourth-order valence-corrected chi connectivity index (χ4v) is 2.65. The molecule has 18 heavy (non-hydrogen) atoms. The SMILES string of the molecule is Cc1ccc(C(C)NC(=O)c2cc(C)c(C)s2)o1. The molecule has 3 nitrogen and oxygen atoms in total. The smallest absolute Gasteiger partial charge is 0.261 e. The highest BCUT2D eigenvalue weighted by atomic mass is 32.1. The van der Waals surface area contributed by atoms with Crippen LogP contribution in [0.5, 0.6) is 0 Å². The highest BCUT2D eigenvalue weighted by Gasteiger charge is 2.16. The Bertz CT molecular complexity index is 549. The van der Waals surface area contributed by atoms with E-state index in [9.17, 15) is 4.79 Å². The Morgan fingerprint density at radius 1 is 1.33 bits per heavy atom. The minimum absolute atomic E-state index is 0.0437. The molecular formula is C14H17NO2S. The first-order valence-corrected chi connectivity index (χ1v) is 6.73. The highest BCUT2D eigenvalue weighted by Crippen LogP contribution is 2.22. The molecule has 0 radical (unpaired) electrons. The lowest BCUT2D eigenvalue weighted by Crippen LogP contribution is -2.25. The third-order valence-corrected chi connectivity index (χ3v) is 4.08. The summed E-state index contributed by atoms with van der Waals surface area (Å²) in [4.78, 5) is 14.0. The number of aryl methyl sites for hydroxylation is 3. The summed E-state index contributed by atoms with van der Waals surface area (Å²) in [7, 11) is 0. The Balaban J connectivity index is 2.07. The summed E-state index contributed by atoms with van der Waals surface area (Å²) in [6.45, 7) is 7.85. The molecule has 2 heterocycles. The lowest BCUT2D eigenvalue weighted by Gasteiger charge is -2.10. The number of nitrogens with one attached hydrogen (secondary N) is 1. The number of hydrogen-bond acceptors (Lipinski definition) is 3. The zero-order valence-corrected chi connectivity index (χ0v) is 11.9. The molecule has 1 atom stereocenters. The van der Waals surface area contributed by atoms with Gasteiger partial charge in [-0.3, -0.25) is 4.79 Å². The molecule has 4 heteroatoms. The number of carbonyl (C=O) groups is 1. The van der Waals surface area contributed by atoms with Crippen molar-refractivity contribution in [1.29, 1.82) is 0 Å². The number of carbonyl (C=O) groups excluding carboxylic acids is 1. The van der Waals surface area contributed by atoms with Crippen molar-refractivity contribution in [2.45, 2.75) is 33.7 Å². The van der Waals surface area contributed by atoms with Crippen LogP contribution in [-0.4, -0.2) is 5.91 Å². The van der Waals surface area contributed by atoms with Gasteiger partial charge >= 0.3 is 0 Å². The molecule has 0 bridgehead atoms. The van der Waals surface area contributed by atoms with Crippen LogP contribution in [0.1, 0.15) is 44.6 Å². The monoisotopic (exact) mass is 263 g/mol. The second kappa shape index (κ2) is 4.98. The Morgan fingerprint density at radius 2 is 2.06 bits per heavy atom. The lowest BCUT2D eigenvalue weighted by molar-refractivity contribution is 0.0939. The van der Waals surface area contributed by atoms with Crippen molar-refractivity contribution < 1.29 is 9.21 Å². The van der Waals surface area contributed by atoms with Crippen LogP contribution in [0.25, 0.3) is 0 Å². The van der Waals surface area contributed by atoms with E-state index in [4.69, 9.17) is 4.42 Å². The van der Waals surface area contributed by atoms with E-state index < -0.39 is 0 Å². The van der Waals surface area contributed by atoms with Crippen molar-refractivity contribution in [3.05, 3.63) is 45.0 Å². The maximum atomic E-state index is 12.1. The topological polar surface area (TPSA) is 42.2 Å². The fraction of sp³-hybridized carbons (Fsp3) is 0.357.